The highest BCUT2D eigenvalue weighted by atomic mass is 16.4. The van der Waals surface area contributed by atoms with Gasteiger partial charge in [0.05, 0.1) is 5.39 Å². The average Bonchev–Trinajstić information content (AvgIpc) is 3.01. The number of carbonyl (C=O) groups is 1. The summed E-state index contributed by atoms with van der Waals surface area (Å²) in [6, 6.07) is 15.6. The molecule has 0 unspecified atom stereocenters. The van der Waals surface area contributed by atoms with E-state index in [4.69, 9.17) is 8.83 Å². The maximum atomic E-state index is 12.6. The molecule has 4 aromatic rings. The van der Waals surface area contributed by atoms with Crippen molar-refractivity contribution in [1.82, 2.24) is 0 Å². The highest BCUT2D eigenvalue weighted by Crippen LogP contribution is 2.27. The monoisotopic (exact) mass is 398 g/mol. The molecule has 1 amide bonds. The Morgan fingerprint density at radius 2 is 1.73 bits per heavy atom. The van der Waals surface area contributed by atoms with Gasteiger partial charge in [-0.3, -0.25) is 14.9 Å². The predicted molar refractivity (Wildman–Crippen MR) is 114 cm³/mol. The van der Waals surface area contributed by atoms with Crippen molar-refractivity contribution in [3.63, 3.8) is 0 Å². The van der Waals surface area contributed by atoms with E-state index in [0.29, 0.717) is 44.7 Å². The number of rotatable bonds is 3. The van der Waals surface area contributed by atoms with Gasteiger partial charge in [0.2, 0.25) is 5.88 Å². The zero-order valence-electron chi connectivity index (χ0n) is 16.7. The maximum absolute atomic E-state index is 12.6. The van der Waals surface area contributed by atoms with Crippen LogP contribution in [0.2, 0.25) is 0 Å². The molecule has 0 aliphatic carbocycles. The highest BCUT2D eigenvalue weighted by Gasteiger charge is 2.17. The maximum Gasteiger partial charge on any atom is 0.258 e. The summed E-state index contributed by atoms with van der Waals surface area (Å²) in [4.78, 5) is 25.0. The molecular weight excluding hydrogens is 380 g/mol. The van der Waals surface area contributed by atoms with Gasteiger partial charge in [0.1, 0.15) is 28.7 Å². The molecule has 0 spiro atoms. The van der Waals surface area contributed by atoms with Gasteiger partial charge in [-0.1, -0.05) is 23.8 Å². The molecule has 6 heteroatoms. The number of benzene rings is 2. The third kappa shape index (κ3) is 3.38. The van der Waals surface area contributed by atoms with Crippen molar-refractivity contribution in [2.75, 3.05) is 5.32 Å². The zero-order valence-corrected chi connectivity index (χ0v) is 16.7. The highest BCUT2D eigenvalue weighted by molar-refractivity contribution is 6.04. The van der Waals surface area contributed by atoms with E-state index in [0.717, 1.165) is 5.56 Å². The Bertz CT molecular complexity index is 1390. The lowest BCUT2D eigenvalue weighted by Gasteiger charge is -2.06. The number of nitrogens with one attached hydrogen (secondary N) is 1. The summed E-state index contributed by atoms with van der Waals surface area (Å²) >= 11 is 0. The van der Waals surface area contributed by atoms with E-state index < -0.39 is 5.91 Å². The van der Waals surface area contributed by atoms with Crippen molar-refractivity contribution in [2.24, 2.45) is 0 Å². The first kappa shape index (κ1) is 19.2. The fourth-order valence-electron chi connectivity index (χ4n) is 3.22. The molecule has 0 aliphatic rings. The van der Waals surface area contributed by atoms with Crippen LogP contribution in [-0.2, 0) is 0 Å². The summed E-state index contributed by atoms with van der Waals surface area (Å²) in [7, 11) is 0. The molecule has 2 aromatic heterocycles. The van der Waals surface area contributed by atoms with Gasteiger partial charge in [0, 0.05) is 22.8 Å². The summed E-state index contributed by atoms with van der Waals surface area (Å²) in [5, 5.41) is 12.4. The quantitative estimate of drug-likeness (QED) is 0.518. The minimum atomic E-state index is -0.401. The number of anilines is 1. The lowest BCUT2D eigenvalue weighted by molar-refractivity contribution is 0.102. The third-order valence-corrected chi connectivity index (χ3v) is 5.04. The van der Waals surface area contributed by atoms with Crippen LogP contribution in [-0.4, -0.2) is 5.91 Å². The first-order chi connectivity index (χ1) is 14.4. The van der Waals surface area contributed by atoms with Gasteiger partial charge in [-0.25, -0.2) is 0 Å². The average molecular weight is 398 g/mol. The summed E-state index contributed by atoms with van der Waals surface area (Å²) in [5.41, 5.74) is 3.44. The molecule has 6 nitrogen and oxygen atoms in total. The van der Waals surface area contributed by atoms with Crippen LogP contribution >= 0.6 is 0 Å². The summed E-state index contributed by atoms with van der Waals surface area (Å²) in [5.74, 6) is 0.741. The molecule has 0 saturated heterocycles. The number of hydrogen-bond acceptors (Lipinski definition) is 5. The van der Waals surface area contributed by atoms with Crippen LogP contribution in [0.4, 0.5) is 5.88 Å². The molecular formula is C24H18N2O4. The van der Waals surface area contributed by atoms with Crippen LogP contribution < -0.4 is 10.7 Å². The Labute approximate surface area is 172 Å². The summed E-state index contributed by atoms with van der Waals surface area (Å²) in [6.07, 6.45) is 0. The van der Waals surface area contributed by atoms with Gasteiger partial charge in [-0.2, -0.15) is 5.26 Å². The van der Waals surface area contributed by atoms with E-state index in [1.165, 1.54) is 6.07 Å². The normalized spacial score (nSPS) is 10.7. The number of furan rings is 1. The predicted octanol–water partition coefficient (Wildman–Crippen LogP) is 5.10. The second-order valence-electron chi connectivity index (χ2n) is 7.11. The van der Waals surface area contributed by atoms with E-state index in [1.807, 2.05) is 19.1 Å². The largest absolute Gasteiger partial charge is 0.456 e. The van der Waals surface area contributed by atoms with Crippen LogP contribution in [0, 0.1) is 32.1 Å². The molecule has 0 radical (unpaired) electrons. The van der Waals surface area contributed by atoms with Crippen molar-refractivity contribution in [3.05, 3.63) is 86.8 Å². The molecule has 1 N–H and O–H groups in total. The van der Waals surface area contributed by atoms with Crippen molar-refractivity contribution < 1.29 is 13.6 Å². The van der Waals surface area contributed by atoms with E-state index in [9.17, 15) is 14.9 Å². The topological polar surface area (TPSA) is 96.2 Å². The molecule has 2 heterocycles. The molecule has 0 bridgehead atoms. The van der Waals surface area contributed by atoms with Crippen LogP contribution in [0.25, 0.3) is 22.3 Å². The number of amides is 1. The smallest absolute Gasteiger partial charge is 0.258 e. The second kappa shape index (κ2) is 7.37. The molecule has 148 valence electrons. The minimum absolute atomic E-state index is 0.121. The van der Waals surface area contributed by atoms with Gasteiger partial charge in [0.15, 0.2) is 5.43 Å². The zero-order chi connectivity index (χ0) is 21.4. The molecule has 0 saturated carbocycles. The molecule has 0 fully saturated rings. The van der Waals surface area contributed by atoms with Crippen molar-refractivity contribution in [3.8, 4) is 17.4 Å². The van der Waals surface area contributed by atoms with Crippen LogP contribution in [0.1, 0.15) is 32.8 Å². The number of aryl methyl sites for hydroxylation is 2. The minimum Gasteiger partial charge on any atom is -0.456 e. The van der Waals surface area contributed by atoms with Crippen molar-refractivity contribution in [2.45, 2.75) is 20.8 Å². The Morgan fingerprint density at radius 3 is 2.43 bits per heavy atom. The number of carbonyl (C=O) groups excluding carboxylic acids is 1. The molecule has 0 atom stereocenters. The van der Waals surface area contributed by atoms with E-state index in [-0.39, 0.29) is 11.3 Å². The SMILES string of the molecule is Cc1ccc2oc(-c3ccc(C(=O)Nc4oc(C)c(C)c4C#N)cc3)cc(=O)c2c1. The molecule has 0 aliphatic heterocycles. The first-order valence-corrected chi connectivity index (χ1v) is 9.34. The molecule has 30 heavy (non-hydrogen) atoms. The number of nitrogens with zero attached hydrogens (tertiary/aromatic N) is 1. The number of nitriles is 1. The van der Waals surface area contributed by atoms with Crippen molar-refractivity contribution >= 4 is 22.8 Å². The summed E-state index contributed by atoms with van der Waals surface area (Å²) in [6.45, 7) is 5.42. The Kier molecular flexibility index (Phi) is 4.72. The van der Waals surface area contributed by atoms with Crippen LogP contribution in [0.5, 0.6) is 0 Å². The molecule has 4 rings (SSSR count). The Balaban J connectivity index is 1.62. The van der Waals surface area contributed by atoms with Crippen LogP contribution in [0.15, 0.2) is 62.2 Å². The molecule has 2 aromatic carbocycles. The van der Waals surface area contributed by atoms with Crippen LogP contribution in [0.3, 0.4) is 0 Å². The van der Waals surface area contributed by atoms with Gasteiger partial charge < -0.3 is 8.83 Å². The third-order valence-electron chi connectivity index (χ3n) is 5.04. The van der Waals surface area contributed by atoms with Gasteiger partial charge >= 0.3 is 0 Å². The standard InChI is InChI=1S/C24H18N2O4/c1-13-4-9-21-18(10-13)20(27)11-22(30-21)16-5-7-17(8-6-16)23(28)26-24-19(12-25)14(2)15(3)29-24/h4-11H,1-3H3,(H,26,28). The fraction of sp³-hybridized carbons (Fsp3) is 0.125. The van der Waals surface area contributed by atoms with E-state index in [1.54, 1.807) is 50.2 Å². The second-order valence-corrected chi connectivity index (χ2v) is 7.11. The Hall–Kier alpha value is -4.11. The lowest BCUT2D eigenvalue weighted by Crippen LogP contribution is -2.12. The van der Waals surface area contributed by atoms with Gasteiger partial charge in [-0.15, -0.1) is 0 Å². The Morgan fingerprint density at radius 1 is 1.00 bits per heavy atom. The fourth-order valence-corrected chi connectivity index (χ4v) is 3.22. The number of hydrogen-bond donors (Lipinski definition) is 1. The van der Waals surface area contributed by atoms with E-state index in [2.05, 4.69) is 5.32 Å². The van der Waals surface area contributed by atoms with Gasteiger partial charge in [0.25, 0.3) is 5.91 Å². The lowest BCUT2D eigenvalue weighted by atomic mass is 10.1. The summed E-state index contributed by atoms with van der Waals surface area (Å²) < 4.78 is 11.4. The van der Waals surface area contributed by atoms with Gasteiger partial charge in [-0.05, 0) is 45.0 Å². The number of fused-ring (bicyclic) bond motifs is 1. The van der Waals surface area contributed by atoms with Crippen molar-refractivity contribution in [1.29, 1.82) is 5.26 Å². The van der Waals surface area contributed by atoms with E-state index >= 15 is 0 Å². The first-order valence-electron chi connectivity index (χ1n) is 9.34.